The summed E-state index contributed by atoms with van der Waals surface area (Å²) in [5.41, 5.74) is 2.50. The molecule has 0 unspecified atom stereocenters. The lowest BCUT2D eigenvalue weighted by Gasteiger charge is -2.10. The van der Waals surface area contributed by atoms with Crippen molar-refractivity contribution in [3.63, 3.8) is 0 Å². The molecule has 1 N–H and O–H groups in total. The van der Waals surface area contributed by atoms with Crippen molar-refractivity contribution in [2.45, 2.75) is 13.5 Å². The molecule has 2 rings (SSSR count). The van der Waals surface area contributed by atoms with E-state index >= 15 is 0 Å². The maximum Gasteiger partial charge on any atom is 0.126 e. The summed E-state index contributed by atoms with van der Waals surface area (Å²) < 4.78 is 24.0. The van der Waals surface area contributed by atoms with E-state index in [-0.39, 0.29) is 5.82 Å². The molecule has 0 fully saturated rings. The summed E-state index contributed by atoms with van der Waals surface area (Å²) in [4.78, 5) is 0. The van der Waals surface area contributed by atoms with Crippen LogP contribution in [0.5, 0.6) is 5.75 Å². The lowest BCUT2D eigenvalue weighted by molar-refractivity contribution is 0.146. The van der Waals surface area contributed by atoms with Crippen LogP contribution in [0.4, 0.5) is 10.1 Å². The second kappa shape index (κ2) is 7.64. The van der Waals surface area contributed by atoms with Gasteiger partial charge in [0.2, 0.25) is 0 Å². The van der Waals surface area contributed by atoms with Crippen molar-refractivity contribution in [1.82, 2.24) is 0 Å². The molecule has 0 spiro atoms. The number of anilines is 1. The van der Waals surface area contributed by atoms with Crippen LogP contribution in [0, 0.1) is 12.7 Å². The van der Waals surface area contributed by atoms with E-state index in [0.29, 0.717) is 25.3 Å². The van der Waals surface area contributed by atoms with Crippen LogP contribution < -0.4 is 10.1 Å². The first-order valence-corrected chi connectivity index (χ1v) is 6.90. The standard InChI is InChI=1S/C17H20FNO2/c1-13-6-7-14(10-17(13)18)12-19-15-4-3-5-16(11-15)21-9-8-20-2/h3-7,10-11,19H,8-9,12H2,1-2H3. The number of rotatable bonds is 7. The molecule has 0 saturated heterocycles. The van der Waals surface area contributed by atoms with Gasteiger partial charge in [-0.05, 0) is 36.2 Å². The molecule has 0 aliphatic rings. The number of ether oxygens (including phenoxy) is 2. The van der Waals surface area contributed by atoms with Gasteiger partial charge < -0.3 is 14.8 Å². The first kappa shape index (κ1) is 15.3. The Morgan fingerprint density at radius 2 is 1.95 bits per heavy atom. The maximum absolute atomic E-state index is 13.5. The van der Waals surface area contributed by atoms with Gasteiger partial charge in [0, 0.05) is 25.4 Å². The summed E-state index contributed by atoms with van der Waals surface area (Å²) in [6.45, 7) is 3.40. The number of nitrogens with one attached hydrogen (secondary N) is 1. The number of hydrogen-bond acceptors (Lipinski definition) is 3. The molecular weight excluding hydrogens is 269 g/mol. The Labute approximate surface area is 124 Å². The van der Waals surface area contributed by atoms with Crippen LogP contribution in [0.1, 0.15) is 11.1 Å². The van der Waals surface area contributed by atoms with Crippen molar-refractivity contribution in [1.29, 1.82) is 0 Å². The molecule has 0 radical (unpaired) electrons. The monoisotopic (exact) mass is 289 g/mol. The van der Waals surface area contributed by atoms with Gasteiger partial charge in [0.15, 0.2) is 0 Å². The molecule has 3 nitrogen and oxygen atoms in total. The zero-order valence-corrected chi connectivity index (χ0v) is 12.4. The first-order valence-electron chi connectivity index (χ1n) is 6.90. The molecule has 0 heterocycles. The van der Waals surface area contributed by atoms with E-state index < -0.39 is 0 Å². The average molecular weight is 289 g/mol. The molecular formula is C17H20FNO2. The Morgan fingerprint density at radius 1 is 1.10 bits per heavy atom. The van der Waals surface area contributed by atoms with Crippen molar-refractivity contribution in [3.8, 4) is 5.75 Å². The summed E-state index contributed by atoms with van der Waals surface area (Å²) in [7, 11) is 1.64. The van der Waals surface area contributed by atoms with Gasteiger partial charge in [-0.3, -0.25) is 0 Å². The molecule has 0 aliphatic heterocycles. The Hall–Kier alpha value is -2.07. The topological polar surface area (TPSA) is 30.5 Å². The van der Waals surface area contributed by atoms with Crippen LogP contribution in [0.3, 0.4) is 0 Å². The van der Waals surface area contributed by atoms with Crippen LogP contribution in [-0.2, 0) is 11.3 Å². The minimum Gasteiger partial charge on any atom is -0.491 e. The van der Waals surface area contributed by atoms with Crippen molar-refractivity contribution in [2.75, 3.05) is 25.6 Å². The van der Waals surface area contributed by atoms with Crippen LogP contribution in [0.25, 0.3) is 0 Å². The second-order valence-electron chi connectivity index (χ2n) is 4.81. The summed E-state index contributed by atoms with van der Waals surface area (Å²) in [5.74, 6) is 0.609. The lowest BCUT2D eigenvalue weighted by atomic mass is 10.1. The molecule has 0 bridgehead atoms. The summed E-state index contributed by atoms with van der Waals surface area (Å²) in [5, 5.41) is 3.26. The van der Waals surface area contributed by atoms with Gasteiger partial charge in [0.25, 0.3) is 0 Å². The van der Waals surface area contributed by atoms with Crippen LogP contribution in [0.15, 0.2) is 42.5 Å². The number of methoxy groups -OCH3 is 1. The van der Waals surface area contributed by atoms with E-state index in [4.69, 9.17) is 9.47 Å². The van der Waals surface area contributed by atoms with Crippen LogP contribution in [0.2, 0.25) is 0 Å². The van der Waals surface area contributed by atoms with Crippen molar-refractivity contribution in [3.05, 3.63) is 59.4 Å². The maximum atomic E-state index is 13.5. The molecule has 0 aromatic heterocycles. The van der Waals surface area contributed by atoms with E-state index in [1.165, 1.54) is 0 Å². The third-order valence-corrected chi connectivity index (χ3v) is 3.12. The molecule has 0 aliphatic carbocycles. The Kier molecular flexibility index (Phi) is 5.58. The highest BCUT2D eigenvalue weighted by Gasteiger charge is 2.01. The van der Waals surface area contributed by atoms with E-state index in [0.717, 1.165) is 17.0 Å². The molecule has 0 saturated carbocycles. The van der Waals surface area contributed by atoms with Gasteiger partial charge in [0.05, 0.1) is 6.61 Å². The minimum absolute atomic E-state index is 0.175. The first-order chi connectivity index (χ1) is 10.2. The Bertz CT molecular complexity index is 587. The third-order valence-electron chi connectivity index (χ3n) is 3.12. The van der Waals surface area contributed by atoms with Crippen molar-refractivity contribution in [2.24, 2.45) is 0 Å². The fourth-order valence-electron chi connectivity index (χ4n) is 1.89. The lowest BCUT2D eigenvalue weighted by Crippen LogP contribution is -2.05. The molecule has 4 heteroatoms. The predicted octanol–water partition coefficient (Wildman–Crippen LogP) is 3.77. The van der Waals surface area contributed by atoms with Crippen molar-refractivity contribution >= 4 is 5.69 Å². The fourth-order valence-corrected chi connectivity index (χ4v) is 1.89. The minimum atomic E-state index is -0.175. The Balaban J connectivity index is 1.93. The van der Waals surface area contributed by atoms with Gasteiger partial charge >= 0.3 is 0 Å². The molecule has 112 valence electrons. The van der Waals surface area contributed by atoms with Gasteiger partial charge in [-0.15, -0.1) is 0 Å². The second-order valence-corrected chi connectivity index (χ2v) is 4.81. The number of halogens is 1. The van der Waals surface area contributed by atoms with E-state index in [1.807, 2.05) is 30.3 Å². The molecule has 21 heavy (non-hydrogen) atoms. The van der Waals surface area contributed by atoms with Gasteiger partial charge in [-0.25, -0.2) is 4.39 Å². The van der Waals surface area contributed by atoms with E-state index in [1.54, 1.807) is 26.2 Å². The largest absolute Gasteiger partial charge is 0.491 e. The van der Waals surface area contributed by atoms with Crippen molar-refractivity contribution < 1.29 is 13.9 Å². The summed E-state index contributed by atoms with van der Waals surface area (Å²) >= 11 is 0. The highest BCUT2D eigenvalue weighted by molar-refractivity contribution is 5.48. The smallest absolute Gasteiger partial charge is 0.126 e. The highest BCUT2D eigenvalue weighted by atomic mass is 19.1. The third kappa shape index (κ3) is 4.76. The molecule has 0 atom stereocenters. The summed E-state index contributed by atoms with van der Waals surface area (Å²) in [6, 6.07) is 12.9. The molecule has 2 aromatic rings. The highest BCUT2D eigenvalue weighted by Crippen LogP contribution is 2.18. The van der Waals surface area contributed by atoms with Crippen LogP contribution >= 0.6 is 0 Å². The molecule has 0 amide bonds. The van der Waals surface area contributed by atoms with Crippen LogP contribution in [-0.4, -0.2) is 20.3 Å². The fraction of sp³-hybridized carbons (Fsp3) is 0.294. The number of hydrogen-bond donors (Lipinski definition) is 1. The Morgan fingerprint density at radius 3 is 2.71 bits per heavy atom. The SMILES string of the molecule is COCCOc1cccc(NCc2ccc(C)c(F)c2)c1. The quantitative estimate of drug-likeness (QED) is 0.787. The zero-order valence-electron chi connectivity index (χ0n) is 12.4. The molecule has 2 aromatic carbocycles. The normalized spacial score (nSPS) is 10.4. The number of benzene rings is 2. The van der Waals surface area contributed by atoms with E-state index in [9.17, 15) is 4.39 Å². The van der Waals surface area contributed by atoms with Gasteiger partial charge in [0.1, 0.15) is 18.2 Å². The predicted molar refractivity (Wildman–Crippen MR) is 82.3 cm³/mol. The summed E-state index contributed by atoms with van der Waals surface area (Å²) in [6.07, 6.45) is 0. The zero-order chi connectivity index (χ0) is 15.1. The number of aryl methyl sites for hydroxylation is 1. The van der Waals surface area contributed by atoms with Gasteiger partial charge in [-0.1, -0.05) is 18.2 Å². The van der Waals surface area contributed by atoms with Gasteiger partial charge in [-0.2, -0.15) is 0 Å². The van der Waals surface area contributed by atoms with E-state index in [2.05, 4.69) is 5.32 Å². The average Bonchev–Trinajstić information content (AvgIpc) is 2.49.